The monoisotopic (exact) mass is 181 g/mol. The van der Waals surface area contributed by atoms with Gasteiger partial charge in [-0.15, -0.1) is 0 Å². The highest BCUT2D eigenvalue weighted by Crippen LogP contribution is 2.44. The van der Waals surface area contributed by atoms with Crippen molar-refractivity contribution >= 4 is 0 Å². The van der Waals surface area contributed by atoms with E-state index in [4.69, 9.17) is 10.5 Å². The van der Waals surface area contributed by atoms with Crippen LogP contribution < -0.4 is 10.5 Å². The Hall–Kier alpha value is -1.03. The van der Waals surface area contributed by atoms with Crippen LogP contribution in [0.15, 0.2) is 0 Å². The second-order valence-corrected chi connectivity index (χ2v) is 3.64. The maximum absolute atomic E-state index is 5.81. The van der Waals surface area contributed by atoms with Crippen molar-refractivity contribution in [3.63, 3.8) is 0 Å². The summed E-state index contributed by atoms with van der Waals surface area (Å²) in [6.45, 7) is 2.00. The van der Waals surface area contributed by atoms with Crippen molar-refractivity contribution in [3.8, 4) is 5.88 Å². The third-order valence-corrected chi connectivity index (χ3v) is 2.62. The number of ether oxygens (including phenoxy) is 1. The molecule has 2 atom stereocenters. The van der Waals surface area contributed by atoms with Crippen molar-refractivity contribution in [2.24, 2.45) is 12.8 Å². The molecule has 1 aliphatic rings. The van der Waals surface area contributed by atoms with Gasteiger partial charge < -0.3 is 10.5 Å². The standard InChI is InChI=1S/C9H15N3O/c1-5-8(6-4-7(6)10)9(13-3)12(2)11-5/h6-7H,4,10H2,1-3H3/t6-,7-/m1/s1. The van der Waals surface area contributed by atoms with E-state index in [9.17, 15) is 0 Å². The molecule has 0 unspecified atom stereocenters. The van der Waals surface area contributed by atoms with Gasteiger partial charge in [-0.1, -0.05) is 0 Å². The third kappa shape index (κ3) is 1.21. The minimum atomic E-state index is 0.303. The van der Waals surface area contributed by atoms with Crippen molar-refractivity contribution in [1.82, 2.24) is 9.78 Å². The lowest BCUT2D eigenvalue weighted by Crippen LogP contribution is -2.02. The van der Waals surface area contributed by atoms with Crippen molar-refractivity contribution in [3.05, 3.63) is 11.3 Å². The Labute approximate surface area is 77.7 Å². The van der Waals surface area contributed by atoms with Gasteiger partial charge in [0, 0.05) is 24.6 Å². The fourth-order valence-corrected chi connectivity index (χ4v) is 1.87. The van der Waals surface area contributed by atoms with E-state index in [2.05, 4.69) is 5.10 Å². The minimum absolute atomic E-state index is 0.303. The molecule has 0 spiro atoms. The predicted octanol–water partition coefficient (Wildman–Crippen LogP) is 0.552. The van der Waals surface area contributed by atoms with Crippen LogP contribution in [0.1, 0.15) is 23.6 Å². The number of nitrogens with two attached hydrogens (primary N) is 1. The molecule has 0 amide bonds. The van der Waals surface area contributed by atoms with Crippen LogP contribution in [0.2, 0.25) is 0 Å². The van der Waals surface area contributed by atoms with E-state index in [1.807, 2.05) is 14.0 Å². The van der Waals surface area contributed by atoms with E-state index in [-0.39, 0.29) is 0 Å². The molecule has 2 rings (SSSR count). The molecule has 13 heavy (non-hydrogen) atoms. The topological polar surface area (TPSA) is 53.1 Å². The molecule has 0 aliphatic heterocycles. The van der Waals surface area contributed by atoms with Gasteiger partial charge in [-0.3, -0.25) is 0 Å². The van der Waals surface area contributed by atoms with Crippen LogP contribution in [0, 0.1) is 6.92 Å². The Morgan fingerprint density at radius 1 is 1.62 bits per heavy atom. The highest BCUT2D eigenvalue weighted by atomic mass is 16.5. The van der Waals surface area contributed by atoms with Gasteiger partial charge in [-0.2, -0.15) is 5.10 Å². The maximum Gasteiger partial charge on any atom is 0.215 e. The predicted molar refractivity (Wildman–Crippen MR) is 49.8 cm³/mol. The van der Waals surface area contributed by atoms with Crippen LogP contribution in [-0.4, -0.2) is 22.9 Å². The lowest BCUT2D eigenvalue weighted by molar-refractivity contribution is 0.369. The van der Waals surface area contributed by atoms with Crippen molar-refractivity contribution < 1.29 is 4.74 Å². The first-order chi connectivity index (χ1) is 6.15. The van der Waals surface area contributed by atoms with Crippen LogP contribution in [-0.2, 0) is 7.05 Å². The zero-order valence-corrected chi connectivity index (χ0v) is 8.24. The normalized spacial score (nSPS) is 26.2. The molecule has 1 heterocycles. The van der Waals surface area contributed by atoms with E-state index in [0.717, 1.165) is 18.0 Å². The van der Waals surface area contributed by atoms with E-state index in [1.165, 1.54) is 5.56 Å². The first kappa shape index (κ1) is 8.56. The molecule has 1 aliphatic carbocycles. The highest BCUT2D eigenvalue weighted by molar-refractivity contribution is 5.39. The SMILES string of the molecule is COc1c([C@@H]2C[C@H]2N)c(C)nn1C. The van der Waals surface area contributed by atoms with Gasteiger partial charge >= 0.3 is 0 Å². The summed E-state index contributed by atoms with van der Waals surface area (Å²) in [6, 6.07) is 0.303. The fourth-order valence-electron chi connectivity index (χ4n) is 1.87. The summed E-state index contributed by atoms with van der Waals surface area (Å²) < 4.78 is 7.06. The maximum atomic E-state index is 5.81. The van der Waals surface area contributed by atoms with E-state index in [1.54, 1.807) is 11.8 Å². The average molecular weight is 181 g/mol. The zero-order chi connectivity index (χ0) is 9.59. The smallest absolute Gasteiger partial charge is 0.215 e. The van der Waals surface area contributed by atoms with Crippen LogP contribution in [0.25, 0.3) is 0 Å². The molecule has 1 aromatic rings. The summed E-state index contributed by atoms with van der Waals surface area (Å²) in [5, 5.41) is 4.31. The van der Waals surface area contributed by atoms with E-state index >= 15 is 0 Å². The molecule has 1 aromatic heterocycles. The third-order valence-electron chi connectivity index (χ3n) is 2.62. The summed E-state index contributed by atoms with van der Waals surface area (Å²) in [4.78, 5) is 0. The first-order valence-electron chi connectivity index (χ1n) is 4.48. The molecule has 0 aromatic carbocycles. The number of rotatable bonds is 2. The van der Waals surface area contributed by atoms with Gasteiger partial charge in [0.25, 0.3) is 0 Å². The van der Waals surface area contributed by atoms with Gasteiger partial charge in [0.15, 0.2) is 0 Å². The first-order valence-corrected chi connectivity index (χ1v) is 4.48. The molecular formula is C9H15N3O. The van der Waals surface area contributed by atoms with Crippen molar-refractivity contribution in [2.75, 3.05) is 7.11 Å². The minimum Gasteiger partial charge on any atom is -0.481 e. The molecule has 0 bridgehead atoms. The Bertz CT molecular complexity index is 332. The Morgan fingerprint density at radius 3 is 2.69 bits per heavy atom. The Balaban J connectivity index is 2.42. The molecule has 4 nitrogen and oxygen atoms in total. The lowest BCUT2D eigenvalue weighted by atomic mass is 10.1. The van der Waals surface area contributed by atoms with Gasteiger partial charge in [0.05, 0.1) is 12.8 Å². The number of aromatic nitrogens is 2. The summed E-state index contributed by atoms with van der Waals surface area (Å²) in [5.41, 5.74) is 8.04. The Morgan fingerprint density at radius 2 is 2.23 bits per heavy atom. The summed E-state index contributed by atoms with van der Waals surface area (Å²) in [5.74, 6) is 1.32. The molecule has 0 radical (unpaired) electrons. The second kappa shape index (κ2) is 2.73. The van der Waals surface area contributed by atoms with Crippen LogP contribution >= 0.6 is 0 Å². The van der Waals surface area contributed by atoms with Crippen LogP contribution in [0.3, 0.4) is 0 Å². The van der Waals surface area contributed by atoms with Crippen LogP contribution in [0.5, 0.6) is 5.88 Å². The zero-order valence-electron chi connectivity index (χ0n) is 8.24. The average Bonchev–Trinajstić information content (AvgIpc) is 2.69. The second-order valence-electron chi connectivity index (χ2n) is 3.64. The molecule has 1 saturated carbocycles. The summed E-state index contributed by atoms with van der Waals surface area (Å²) in [6.07, 6.45) is 1.06. The largest absolute Gasteiger partial charge is 0.481 e. The van der Waals surface area contributed by atoms with Crippen LogP contribution in [0.4, 0.5) is 0 Å². The molecule has 72 valence electrons. The number of hydrogen-bond donors (Lipinski definition) is 1. The quantitative estimate of drug-likeness (QED) is 0.725. The molecule has 4 heteroatoms. The van der Waals surface area contributed by atoms with Gasteiger partial charge in [-0.25, -0.2) is 4.68 Å². The van der Waals surface area contributed by atoms with Gasteiger partial charge in [0.1, 0.15) is 0 Å². The molecular weight excluding hydrogens is 166 g/mol. The molecule has 0 saturated heterocycles. The van der Waals surface area contributed by atoms with Gasteiger partial charge in [0.2, 0.25) is 5.88 Å². The lowest BCUT2D eigenvalue weighted by Gasteiger charge is -2.02. The molecule has 2 N–H and O–H groups in total. The summed E-state index contributed by atoms with van der Waals surface area (Å²) in [7, 11) is 3.57. The number of nitrogens with zero attached hydrogens (tertiary/aromatic N) is 2. The van der Waals surface area contributed by atoms with Crippen molar-refractivity contribution in [1.29, 1.82) is 0 Å². The van der Waals surface area contributed by atoms with Crippen molar-refractivity contribution in [2.45, 2.75) is 25.3 Å². The van der Waals surface area contributed by atoms with Gasteiger partial charge in [-0.05, 0) is 13.3 Å². The number of aryl methyl sites for hydroxylation is 2. The highest BCUT2D eigenvalue weighted by Gasteiger charge is 2.39. The molecule has 1 fully saturated rings. The number of hydrogen-bond acceptors (Lipinski definition) is 3. The van der Waals surface area contributed by atoms with E-state index in [0.29, 0.717) is 12.0 Å². The van der Waals surface area contributed by atoms with E-state index < -0.39 is 0 Å². The fraction of sp³-hybridized carbons (Fsp3) is 0.667. The Kier molecular flexibility index (Phi) is 1.80. The summed E-state index contributed by atoms with van der Waals surface area (Å²) >= 11 is 0. The number of methoxy groups -OCH3 is 1.